The van der Waals surface area contributed by atoms with Gasteiger partial charge in [-0.25, -0.2) is 0 Å². The smallest absolute Gasteiger partial charge is 0.0227 e. The van der Waals surface area contributed by atoms with Crippen LogP contribution in [0.3, 0.4) is 0 Å². The van der Waals surface area contributed by atoms with Crippen LogP contribution in [-0.4, -0.2) is 0 Å². The molecule has 14 heavy (non-hydrogen) atoms. The maximum atomic E-state index is 2.36. The van der Waals surface area contributed by atoms with Gasteiger partial charge in [-0.1, -0.05) is 45.9 Å². The van der Waals surface area contributed by atoms with Gasteiger partial charge in [0.15, 0.2) is 0 Å². The third-order valence-corrected chi connectivity index (χ3v) is 2.54. The summed E-state index contributed by atoms with van der Waals surface area (Å²) in [4.78, 5) is 0. The molecule has 0 aromatic heterocycles. The van der Waals surface area contributed by atoms with E-state index >= 15 is 0 Å². The van der Waals surface area contributed by atoms with Gasteiger partial charge >= 0.3 is 0 Å². The first-order valence-electron chi connectivity index (χ1n) is 5.51. The normalized spacial score (nSPS) is 11.8. The number of benzene rings is 1. The van der Waals surface area contributed by atoms with Crippen molar-refractivity contribution in [2.24, 2.45) is 5.41 Å². The summed E-state index contributed by atoms with van der Waals surface area (Å²) in [5.41, 5.74) is 4.78. The van der Waals surface area contributed by atoms with E-state index in [4.69, 9.17) is 0 Å². The van der Waals surface area contributed by atoms with Crippen LogP contribution in [0, 0.1) is 12.3 Å². The Bertz CT molecular complexity index is 302. The van der Waals surface area contributed by atoms with Gasteiger partial charge < -0.3 is 0 Å². The molecule has 0 aliphatic rings. The van der Waals surface area contributed by atoms with Gasteiger partial charge in [-0.05, 0) is 41.9 Å². The van der Waals surface area contributed by atoms with Crippen molar-refractivity contribution in [2.45, 2.75) is 47.5 Å². The molecule has 0 radical (unpaired) electrons. The van der Waals surface area contributed by atoms with Crippen LogP contribution in [0.1, 0.15) is 44.4 Å². The van der Waals surface area contributed by atoms with Gasteiger partial charge in [0.05, 0.1) is 0 Å². The number of aryl methyl sites for hydroxylation is 2. The van der Waals surface area contributed by atoms with Gasteiger partial charge in [-0.3, -0.25) is 0 Å². The first-order chi connectivity index (χ1) is 6.42. The van der Waals surface area contributed by atoms with Crippen molar-refractivity contribution in [1.82, 2.24) is 0 Å². The summed E-state index contributed by atoms with van der Waals surface area (Å²) in [6.45, 7) is 11.3. The molecule has 0 unspecified atom stereocenters. The minimum Gasteiger partial charge on any atom is -0.0613 e. The summed E-state index contributed by atoms with van der Waals surface area (Å²) in [7, 11) is 0. The Morgan fingerprint density at radius 2 is 1.79 bits per heavy atom. The Labute approximate surface area is 88.4 Å². The molecule has 0 saturated carbocycles. The fourth-order valence-corrected chi connectivity index (χ4v) is 1.71. The Morgan fingerprint density at radius 3 is 2.29 bits per heavy atom. The van der Waals surface area contributed by atoms with Crippen molar-refractivity contribution in [3.8, 4) is 0 Å². The van der Waals surface area contributed by atoms with E-state index in [1.165, 1.54) is 23.1 Å². The van der Waals surface area contributed by atoms with Gasteiger partial charge in [0.25, 0.3) is 0 Å². The first kappa shape index (κ1) is 11.3. The van der Waals surface area contributed by atoms with Crippen LogP contribution in [-0.2, 0) is 12.8 Å². The lowest BCUT2D eigenvalue weighted by Crippen LogP contribution is -2.10. The maximum Gasteiger partial charge on any atom is -0.0227 e. The highest BCUT2D eigenvalue weighted by Crippen LogP contribution is 2.23. The van der Waals surface area contributed by atoms with E-state index in [9.17, 15) is 0 Å². The zero-order chi connectivity index (χ0) is 10.8. The van der Waals surface area contributed by atoms with Crippen LogP contribution in [0.25, 0.3) is 0 Å². The molecule has 0 saturated heterocycles. The van der Waals surface area contributed by atoms with Gasteiger partial charge in [-0.15, -0.1) is 0 Å². The Balaban J connectivity index is 2.95. The quantitative estimate of drug-likeness (QED) is 0.657. The second-order valence-electron chi connectivity index (χ2n) is 5.35. The molecule has 0 heterocycles. The molecule has 0 amide bonds. The number of hydrogen-bond acceptors (Lipinski definition) is 0. The lowest BCUT2D eigenvalue weighted by atomic mass is 9.86. The van der Waals surface area contributed by atoms with Crippen molar-refractivity contribution in [3.05, 3.63) is 34.9 Å². The van der Waals surface area contributed by atoms with E-state index in [0.717, 1.165) is 6.42 Å². The van der Waals surface area contributed by atoms with E-state index in [0.29, 0.717) is 5.41 Å². The van der Waals surface area contributed by atoms with Crippen LogP contribution in [0.15, 0.2) is 18.2 Å². The molecule has 0 spiro atoms. The topological polar surface area (TPSA) is 0 Å². The molecular formula is C14H22. The lowest BCUT2D eigenvalue weighted by molar-refractivity contribution is 0.410. The third-order valence-electron chi connectivity index (χ3n) is 2.54. The minimum atomic E-state index is 0.386. The zero-order valence-electron chi connectivity index (χ0n) is 10.1. The number of rotatable bonds is 2. The van der Waals surface area contributed by atoms with Gasteiger partial charge in [0.2, 0.25) is 0 Å². The molecule has 0 atom stereocenters. The van der Waals surface area contributed by atoms with E-state index in [-0.39, 0.29) is 0 Å². The van der Waals surface area contributed by atoms with E-state index in [1.54, 1.807) is 0 Å². The van der Waals surface area contributed by atoms with Crippen molar-refractivity contribution in [3.63, 3.8) is 0 Å². The van der Waals surface area contributed by atoms with Gasteiger partial charge in [0.1, 0.15) is 0 Å². The lowest BCUT2D eigenvalue weighted by Gasteiger charge is -2.20. The van der Waals surface area contributed by atoms with Crippen LogP contribution in [0.4, 0.5) is 0 Å². The monoisotopic (exact) mass is 190 g/mol. The van der Waals surface area contributed by atoms with Crippen LogP contribution in [0.5, 0.6) is 0 Å². The molecule has 1 aromatic carbocycles. The van der Waals surface area contributed by atoms with Crippen molar-refractivity contribution >= 4 is 0 Å². The molecule has 0 aliphatic heterocycles. The molecule has 0 heteroatoms. The highest BCUT2D eigenvalue weighted by molar-refractivity contribution is 5.31. The van der Waals surface area contributed by atoms with Gasteiger partial charge in [0, 0.05) is 0 Å². The van der Waals surface area contributed by atoms with Crippen molar-refractivity contribution in [1.29, 1.82) is 0 Å². The van der Waals surface area contributed by atoms with E-state index in [2.05, 4.69) is 52.8 Å². The summed E-state index contributed by atoms with van der Waals surface area (Å²) in [5, 5.41) is 0. The zero-order valence-corrected chi connectivity index (χ0v) is 10.1. The highest BCUT2D eigenvalue weighted by atomic mass is 14.2. The largest absolute Gasteiger partial charge is 0.0613 e. The molecule has 0 bridgehead atoms. The Kier molecular flexibility index (Phi) is 3.36. The Hall–Kier alpha value is -0.780. The van der Waals surface area contributed by atoms with Crippen LogP contribution < -0.4 is 0 Å². The van der Waals surface area contributed by atoms with Crippen molar-refractivity contribution < 1.29 is 0 Å². The predicted molar refractivity (Wildman–Crippen MR) is 63.7 cm³/mol. The summed E-state index contributed by atoms with van der Waals surface area (Å²) in [6, 6.07) is 6.85. The molecule has 0 fully saturated rings. The fraction of sp³-hybridized carbons (Fsp3) is 0.571. The molecule has 0 nitrogen and oxygen atoms in total. The van der Waals surface area contributed by atoms with E-state index in [1.807, 2.05) is 0 Å². The fourth-order valence-electron chi connectivity index (χ4n) is 1.71. The predicted octanol–water partition coefficient (Wildman–Crippen LogP) is 4.15. The minimum absolute atomic E-state index is 0.386. The molecule has 1 rings (SSSR count). The average molecular weight is 190 g/mol. The summed E-state index contributed by atoms with van der Waals surface area (Å²) < 4.78 is 0. The summed E-state index contributed by atoms with van der Waals surface area (Å²) in [6.07, 6.45) is 2.31. The Morgan fingerprint density at radius 1 is 1.14 bits per heavy atom. The first-order valence-corrected chi connectivity index (χ1v) is 5.51. The standard InChI is InChI=1S/C14H22/c1-6-12-8-7-11(2)13(9-12)10-14(3,4)5/h7-9H,6,10H2,1-5H3. The molecule has 0 aliphatic carbocycles. The number of hydrogen-bond donors (Lipinski definition) is 0. The molecule has 78 valence electrons. The average Bonchev–Trinajstić information content (AvgIpc) is 2.06. The second-order valence-corrected chi connectivity index (χ2v) is 5.35. The van der Waals surface area contributed by atoms with Gasteiger partial charge in [-0.2, -0.15) is 0 Å². The summed E-state index contributed by atoms with van der Waals surface area (Å²) >= 11 is 0. The summed E-state index contributed by atoms with van der Waals surface area (Å²) in [5.74, 6) is 0. The van der Waals surface area contributed by atoms with Crippen molar-refractivity contribution in [2.75, 3.05) is 0 Å². The van der Waals surface area contributed by atoms with Crippen LogP contribution in [0.2, 0.25) is 0 Å². The highest BCUT2D eigenvalue weighted by Gasteiger charge is 2.12. The SMILES string of the molecule is CCc1ccc(C)c(CC(C)(C)C)c1. The maximum absolute atomic E-state index is 2.36. The van der Waals surface area contributed by atoms with Crippen LogP contribution >= 0.6 is 0 Å². The molecule has 0 N–H and O–H groups in total. The molecular weight excluding hydrogens is 168 g/mol. The van der Waals surface area contributed by atoms with E-state index < -0.39 is 0 Å². The molecule has 1 aromatic rings. The second kappa shape index (κ2) is 4.16. The third kappa shape index (κ3) is 3.17.